The number of hydrogen-bond acceptors (Lipinski definition) is 2. The van der Waals surface area contributed by atoms with Gasteiger partial charge in [-0.05, 0) is 44.5 Å². The molecular weight excluding hydrogens is 262 g/mol. The second-order valence-corrected chi connectivity index (χ2v) is 5.36. The van der Waals surface area contributed by atoms with Crippen LogP contribution in [0.15, 0.2) is 18.2 Å². The van der Waals surface area contributed by atoms with Crippen LogP contribution in [0.25, 0.3) is 0 Å². The molecule has 2 rings (SSSR count). The maximum atomic E-state index is 13.6. The first-order valence-corrected chi connectivity index (χ1v) is 7.04. The lowest BCUT2D eigenvalue weighted by Gasteiger charge is -2.36. The standard InChI is InChI=1S/C15H20F2N2O/c1-2-5-15(6-8-18-9-7-15)14(20)19-13-4-3-11(16)10-12(13)17/h3-4,10,18H,2,5-9H2,1H3,(H,19,20). The van der Waals surface area contributed by atoms with Gasteiger partial charge in [-0.3, -0.25) is 4.79 Å². The second kappa shape index (κ2) is 6.31. The van der Waals surface area contributed by atoms with E-state index in [1.807, 2.05) is 6.92 Å². The molecule has 20 heavy (non-hydrogen) atoms. The second-order valence-electron chi connectivity index (χ2n) is 5.36. The highest BCUT2D eigenvalue weighted by molar-refractivity contribution is 5.95. The third-order valence-corrected chi connectivity index (χ3v) is 3.95. The van der Waals surface area contributed by atoms with E-state index in [1.165, 1.54) is 6.07 Å². The van der Waals surface area contributed by atoms with Crippen LogP contribution in [0.4, 0.5) is 14.5 Å². The van der Waals surface area contributed by atoms with Crippen molar-refractivity contribution in [2.24, 2.45) is 5.41 Å². The normalized spacial score (nSPS) is 17.8. The molecule has 1 saturated heterocycles. The molecule has 0 aromatic heterocycles. The molecule has 1 aliphatic heterocycles. The summed E-state index contributed by atoms with van der Waals surface area (Å²) in [6.45, 7) is 3.62. The van der Waals surface area contributed by atoms with Gasteiger partial charge in [0.05, 0.1) is 11.1 Å². The smallest absolute Gasteiger partial charge is 0.230 e. The van der Waals surface area contributed by atoms with E-state index < -0.39 is 17.0 Å². The van der Waals surface area contributed by atoms with Gasteiger partial charge in [-0.15, -0.1) is 0 Å². The molecule has 0 atom stereocenters. The fraction of sp³-hybridized carbons (Fsp3) is 0.533. The van der Waals surface area contributed by atoms with E-state index in [-0.39, 0.29) is 11.6 Å². The highest BCUT2D eigenvalue weighted by Crippen LogP contribution is 2.35. The molecule has 1 amide bonds. The number of rotatable bonds is 4. The van der Waals surface area contributed by atoms with Crippen molar-refractivity contribution < 1.29 is 13.6 Å². The van der Waals surface area contributed by atoms with Crippen molar-refractivity contribution in [3.63, 3.8) is 0 Å². The van der Waals surface area contributed by atoms with Crippen molar-refractivity contribution in [2.45, 2.75) is 32.6 Å². The van der Waals surface area contributed by atoms with Gasteiger partial charge in [0.25, 0.3) is 0 Å². The Morgan fingerprint density at radius 3 is 2.65 bits per heavy atom. The summed E-state index contributed by atoms with van der Waals surface area (Å²) in [5, 5.41) is 5.86. The molecule has 2 N–H and O–H groups in total. The van der Waals surface area contributed by atoms with Gasteiger partial charge in [0.2, 0.25) is 5.91 Å². The van der Waals surface area contributed by atoms with E-state index in [9.17, 15) is 13.6 Å². The van der Waals surface area contributed by atoms with Gasteiger partial charge in [0.15, 0.2) is 0 Å². The van der Waals surface area contributed by atoms with Gasteiger partial charge in [-0.2, -0.15) is 0 Å². The fourth-order valence-corrected chi connectivity index (χ4v) is 2.82. The number of piperidine rings is 1. The summed E-state index contributed by atoms with van der Waals surface area (Å²) in [5.74, 6) is -1.55. The van der Waals surface area contributed by atoms with Gasteiger partial charge >= 0.3 is 0 Å². The summed E-state index contributed by atoms with van der Waals surface area (Å²) in [6.07, 6.45) is 3.17. The summed E-state index contributed by atoms with van der Waals surface area (Å²) < 4.78 is 26.5. The topological polar surface area (TPSA) is 41.1 Å². The minimum Gasteiger partial charge on any atom is -0.323 e. The Kier molecular flexibility index (Phi) is 4.70. The molecule has 0 aliphatic carbocycles. The Hall–Kier alpha value is -1.49. The average Bonchev–Trinajstić information content (AvgIpc) is 2.43. The molecule has 0 saturated carbocycles. The molecule has 1 fully saturated rings. The van der Waals surface area contributed by atoms with Gasteiger partial charge < -0.3 is 10.6 Å². The quantitative estimate of drug-likeness (QED) is 0.891. The predicted octanol–water partition coefficient (Wildman–Crippen LogP) is 3.07. The average molecular weight is 282 g/mol. The zero-order valence-corrected chi connectivity index (χ0v) is 11.6. The lowest BCUT2D eigenvalue weighted by Crippen LogP contribution is -2.45. The van der Waals surface area contributed by atoms with Crippen LogP contribution < -0.4 is 10.6 Å². The van der Waals surface area contributed by atoms with Crippen LogP contribution >= 0.6 is 0 Å². The first kappa shape index (κ1) is 14.9. The van der Waals surface area contributed by atoms with Crippen LogP contribution in [0, 0.1) is 17.0 Å². The van der Waals surface area contributed by atoms with Crippen LogP contribution in [-0.4, -0.2) is 19.0 Å². The first-order valence-electron chi connectivity index (χ1n) is 7.04. The van der Waals surface area contributed by atoms with Crippen LogP contribution in [-0.2, 0) is 4.79 Å². The summed E-state index contributed by atoms with van der Waals surface area (Å²) in [7, 11) is 0. The number of amides is 1. The Morgan fingerprint density at radius 2 is 2.05 bits per heavy atom. The fourth-order valence-electron chi connectivity index (χ4n) is 2.82. The van der Waals surface area contributed by atoms with Crippen LogP contribution in [0.2, 0.25) is 0 Å². The zero-order valence-electron chi connectivity index (χ0n) is 11.6. The number of carbonyl (C=O) groups excluding carboxylic acids is 1. The molecule has 5 heteroatoms. The number of benzene rings is 1. The highest BCUT2D eigenvalue weighted by Gasteiger charge is 2.38. The number of carbonyl (C=O) groups is 1. The maximum absolute atomic E-state index is 13.6. The number of halogens is 2. The molecule has 0 spiro atoms. The molecule has 1 heterocycles. The van der Waals surface area contributed by atoms with Crippen molar-refractivity contribution in [1.29, 1.82) is 0 Å². The third kappa shape index (κ3) is 3.15. The number of anilines is 1. The SMILES string of the molecule is CCCC1(C(=O)Nc2ccc(F)cc2F)CCNCC1. The summed E-state index contributed by atoms with van der Waals surface area (Å²) in [6, 6.07) is 3.20. The Bertz CT molecular complexity index is 479. The van der Waals surface area contributed by atoms with Crippen molar-refractivity contribution >= 4 is 11.6 Å². The van der Waals surface area contributed by atoms with E-state index >= 15 is 0 Å². The lowest BCUT2D eigenvalue weighted by atomic mass is 9.74. The molecule has 3 nitrogen and oxygen atoms in total. The molecule has 110 valence electrons. The molecule has 0 radical (unpaired) electrons. The van der Waals surface area contributed by atoms with Crippen LogP contribution in [0.1, 0.15) is 32.6 Å². The number of nitrogens with one attached hydrogen (secondary N) is 2. The summed E-state index contributed by atoms with van der Waals surface area (Å²) in [4.78, 5) is 12.5. The van der Waals surface area contributed by atoms with Gasteiger partial charge in [-0.1, -0.05) is 13.3 Å². The van der Waals surface area contributed by atoms with E-state index in [0.29, 0.717) is 0 Å². The zero-order chi connectivity index (χ0) is 14.6. The Morgan fingerprint density at radius 1 is 1.35 bits per heavy atom. The van der Waals surface area contributed by atoms with Gasteiger partial charge in [0, 0.05) is 6.07 Å². The monoisotopic (exact) mass is 282 g/mol. The third-order valence-electron chi connectivity index (χ3n) is 3.95. The predicted molar refractivity (Wildman–Crippen MR) is 74.4 cm³/mol. The first-order chi connectivity index (χ1) is 9.57. The minimum atomic E-state index is -0.737. The van der Waals surface area contributed by atoms with E-state index in [1.54, 1.807) is 0 Å². The maximum Gasteiger partial charge on any atom is 0.230 e. The van der Waals surface area contributed by atoms with E-state index in [2.05, 4.69) is 10.6 Å². The Labute approximate surface area is 117 Å². The number of hydrogen-bond donors (Lipinski definition) is 2. The van der Waals surface area contributed by atoms with Crippen molar-refractivity contribution in [3.8, 4) is 0 Å². The molecular formula is C15H20F2N2O. The van der Waals surface area contributed by atoms with Crippen LogP contribution in [0.3, 0.4) is 0 Å². The summed E-state index contributed by atoms with van der Waals surface area (Å²) in [5.41, 5.74) is -0.397. The molecule has 1 aromatic rings. The molecule has 1 aliphatic rings. The van der Waals surface area contributed by atoms with Crippen molar-refractivity contribution in [3.05, 3.63) is 29.8 Å². The van der Waals surface area contributed by atoms with Gasteiger partial charge in [-0.25, -0.2) is 8.78 Å². The van der Waals surface area contributed by atoms with Crippen molar-refractivity contribution in [2.75, 3.05) is 18.4 Å². The van der Waals surface area contributed by atoms with Crippen LogP contribution in [0.5, 0.6) is 0 Å². The van der Waals surface area contributed by atoms with Crippen molar-refractivity contribution in [1.82, 2.24) is 5.32 Å². The molecule has 0 unspecified atom stereocenters. The lowest BCUT2D eigenvalue weighted by molar-refractivity contribution is -0.127. The minimum absolute atomic E-state index is 0.0467. The summed E-state index contributed by atoms with van der Waals surface area (Å²) >= 11 is 0. The van der Waals surface area contributed by atoms with Gasteiger partial charge in [0.1, 0.15) is 11.6 Å². The molecule has 1 aromatic carbocycles. The van der Waals surface area contributed by atoms with E-state index in [0.717, 1.165) is 50.9 Å². The van der Waals surface area contributed by atoms with E-state index in [4.69, 9.17) is 0 Å². The Balaban J connectivity index is 2.15. The highest BCUT2D eigenvalue weighted by atomic mass is 19.1. The largest absolute Gasteiger partial charge is 0.323 e. The molecule has 0 bridgehead atoms.